The number of hydrogen-bond acceptors (Lipinski definition) is 5. The Morgan fingerprint density at radius 2 is 2.05 bits per heavy atom. The zero-order valence-electron chi connectivity index (χ0n) is 11.1. The first-order valence-electron chi connectivity index (χ1n) is 6.01. The number of halogens is 2. The maximum Gasteiger partial charge on any atom is 0.245 e. The molecule has 1 heterocycles. The normalized spacial score (nSPS) is 23.1. The zero-order valence-corrected chi connectivity index (χ0v) is 14.3. The Morgan fingerprint density at radius 3 is 2.62 bits per heavy atom. The van der Waals surface area contributed by atoms with E-state index in [4.69, 9.17) is 5.73 Å². The molecule has 1 atom stereocenters. The molecule has 0 saturated carbocycles. The number of nitrogen functional groups attached to an aromatic ring is 1. The number of benzene rings is 1. The van der Waals surface area contributed by atoms with Crippen molar-refractivity contribution < 1.29 is 21.2 Å². The highest BCUT2D eigenvalue weighted by molar-refractivity contribution is 9.10. The van der Waals surface area contributed by atoms with Crippen molar-refractivity contribution in [3.63, 3.8) is 0 Å². The molecule has 6 nitrogen and oxygen atoms in total. The predicted molar refractivity (Wildman–Crippen MR) is 80.5 cm³/mol. The van der Waals surface area contributed by atoms with Gasteiger partial charge in [0.15, 0.2) is 9.84 Å². The molecule has 1 unspecified atom stereocenters. The van der Waals surface area contributed by atoms with E-state index in [1.165, 1.54) is 6.92 Å². The van der Waals surface area contributed by atoms with Crippen molar-refractivity contribution in [3.8, 4) is 0 Å². The first-order valence-corrected chi connectivity index (χ1v) is 10.1. The van der Waals surface area contributed by atoms with Gasteiger partial charge in [0.05, 0.1) is 21.7 Å². The van der Waals surface area contributed by atoms with Crippen LogP contribution in [-0.4, -0.2) is 45.2 Å². The number of nitrogens with zero attached hydrogens (tertiary/aromatic N) is 1. The first-order chi connectivity index (χ1) is 9.54. The van der Waals surface area contributed by atoms with E-state index in [1.807, 2.05) is 0 Å². The lowest BCUT2D eigenvalue weighted by Crippen LogP contribution is -2.49. The third-order valence-corrected chi connectivity index (χ3v) is 7.72. The summed E-state index contributed by atoms with van der Waals surface area (Å²) in [5, 5.41) is 0. The van der Waals surface area contributed by atoms with Crippen molar-refractivity contribution in [1.29, 1.82) is 0 Å². The summed E-state index contributed by atoms with van der Waals surface area (Å²) in [5.74, 6) is -1.14. The fraction of sp³-hybridized carbons (Fsp3) is 0.455. The van der Waals surface area contributed by atoms with E-state index in [1.54, 1.807) is 0 Å². The van der Waals surface area contributed by atoms with Crippen molar-refractivity contribution >= 4 is 41.5 Å². The minimum absolute atomic E-state index is 0.0208. The molecule has 1 fully saturated rings. The number of sulfone groups is 1. The Hall–Kier alpha value is -0.710. The highest BCUT2D eigenvalue weighted by Crippen LogP contribution is 2.30. The van der Waals surface area contributed by atoms with E-state index in [9.17, 15) is 21.2 Å². The molecule has 21 heavy (non-hydrogen) atoms. The lowest BCUT2D eigenvalue weighted by atomic mass is 10.3. The first kappa shape index (κ1) is 16.7. The largest absolute Gasteiger partial charge is 0.398 e. The van der Waals surface area contributed by atoms with Gasteiger partial charge in [-0.3, -0.25) is 0 Å². The van der Waals surface area contributed by atoms with Gasteiger partial charge < -0.3 is 5.73 Å². The molecule has 0 radical (unpaired) electrons. The quantitative estimate of drug-likeness (QED) is 0.746. The minimum Gasteiger partial charge on any atom is -0.398 e. The van der Waals surface area contributed by atoms with Crippen LogP contribution in [0.2, 0.25) is 0 Å². The van der Waals surface area contributed by atoms with Crippen LogP contribution in [0.3, 0.4) is 0 Å². The summed E-state index contributed by atoms with van der Waals surface area (Å²) in [6.45, 7) is 1.38. The summed E-state index contributed by atoms with van der Waals surface area (Å²) in [4.78, 5) is -0.234. The second-order valence-corrected chi connectivity index (χ2v) is 9.83. The van der Waals surface area contributed by atoms with Gasteiger partial charge in [0.1, 0.15) is 10.7 Å². The van der Waals surface area contributed by atoms with Gasteiger partial charge in [-0.15, -0.1) is 0 Å². The Labute approximate surface area is 131 Å². The maximum absolute atomic E-state index is 13.4. The Morgan fingerprint density at radius 1 is 1.43 bits per heavy atom. The van der Waals surface area contributed by atoms with Crippen LogP contribution in [0, 0.1) is 5.82 Å². The number of rotatable bonds is 2. The second-order valence-electron chi connectivity index (χ2n) is 4.88. The Bertz CT molecular complexity index is 780. The van der Waals surface area contributed by atoms with Crippen LogP contribution in [0.25, 0.3) is 0 Å². The molecule has 0 aliphatic carbocycles. The van der Waals surface area contributed by atoms with E-state index < -0.39 is 31.7 Å². The van der Waals surface area contributed by atoms with Crippen LogP contribution in [0.5, 0.6) is 0 Å². The van der Waals surface area contributed by atoms with E-state index in [0.29, 0.717) is 0 Å². The molecular formula is C11H14BrFN2O4S2. The van der Waals surface area contributed by atoms with Gasteiger partial charge in [-0.25, -0.2) is 21.2 Å². The lowest BCUT2D eigenvalue weighted by molar-refractivity contribution is 0.357. The molecule has 0 spiro atoms. The molecule has 1 aliphatic heterocycles. The lowest BCUT2D eigenvalue weighted by Gasteiger charge is -2.32. The van der Waals surface area contributed by atoms with Crippen LogP contribution >= 0.6 is 15.9 Å². The SMILES string of the molecule is CC1CS(=O)(=O)CCN1S(=O)(=O)c1cc(Br)c(F)cc1N. The van der Waals surface area contributed by atoms with E-state index in [-0.39, 0.29) is 33.1 Å². The van der Waals surface area contributed by atoms with Crippen molar-refractivity contribution in [2.45, 2.75) is 17.9 Å². The van der Waals surface area contributed by atoms with Crippen LogP contribution in [0.1, 0.15) is 6.92 Å². The molecule has 1 saturated heterocycles. The predicted octanol–water partition coefficient (Wildman–Crippen LogP) is 0.978. The molecule has 0 bridgehead atoms. The molecule has 1 aromatic carbocycles. The monoisotopic (exact) mass is 400 g/mol. The van der Waals surface area contributed by atoms with Crippen molar-refractivity contribution in [2.75, 3.05) is 23.8 Å². The fourth-order valence-electron chi connectivity index (χ4n) is 2.23. The van der Waals surface area contributed by atoms with E-state index in [0.717, 1.165) is 16.4 Å². The Kier molecular flexibility index (Phi) is 4.35. The highest BCUT2D eigenvalue weighted by atomic mass is 79.9. The van der Waals surface area contributed by atoms with Gasteiger partial charge >= 0.3 is 0 Å². The summed E-state index contributed by atoms with van der Waals surface area (Å²) in [7, 11) is -7.22. The van der Waals surface area contributed by atoms with E-state index >= 15 is 0 Å². The highest BCUT2D eigenvalue weighted by Gasteiger charge is 2.37. The molecular weight excluding hydrogens is 387 g/mol. The molecule has 0 amide bonds. The van der Waals surface area contributed by atoms with Crippen molar-refractivity contribution in [1.82, 2.24) is 4.31 Å². The number of anilines is 1. The summed E-state index contributed by atoms with van der Waals surface area (Å²) >= 11 is 2.92. The van der Waals surface area contributed by atoms with Crippen molar-refractivity contribution in [3.05, 3.63) is 22.4 Å². The molecule has 118 valence electrons. The Balaban J connectivity index is 2.46. The van der Waals surface area contributed by atoms with Gasteiger partial charge in [-0.05, 0) is 35.0 Å². The molecule has 2 N–H and O–H groups in total. The smallest absolute Gasteiger partial charge is 0.245 e. The van der Waals surface area contributed by atoms with Gasteiger partial charge in [-0.1, -0.05) is 0 Å². The van der Waals surface area contributed by atoms with E-state index in [2.05, 4.69) is 15.9 Å². The van der Waals surface area contributed by atoms with Gasteiger partial charge in [-0.2, -0.15) is 4.31 Å². The molecule has 10 heteroatoms. The van der Waals surface area contributed by atoms with Crippen molar-refractivity contribution in [2.24, 2.45) is 0 Å². The second kappa shape index (κ2) is 5.49. The number of sulfonamides is 1. The topological polar surface area (TPSA) is 97.5 Å². The summed E-state index contributed by atoms with van der Waals surface area (Å²) in [6.07, 6.45) is 0. The number of hydrogen-bond donors (Lipinski definition) is 1. The molecule has 0 aromatic heterocycles. The van der Waals surface area contributed by atoms with Gasteiger partial charge in [0.25, 0.3) is 0 Å². The standard InChI is InChI=1S/C11H14BrFN2O4S2/c1-7-6-20(16,17)3-2-15(7)21(18,19)11-4-8(12)9(13)5-10(11)14/h4-5,7H,2-3,6,14H2,1H3. The van der Waals surface area contributed by atoms with Gasteiger partial charge in [0.2, 0.25) is 10.0 Å². The molecule has 1 aliphatic rings. The van der Waals surface area contributed by atoms with Crippen LogP contribution in [0.4, 0.5) is 10.1 Å². The van der Waals surface area contributed by atoms with Gasteiger partial charge in [0, 0.05) is 12.6 Å². The summed E-state index contributed by atoms with van der Waals surface area (Å²) in [5.41, 5.74) is 5.39. The fourth-order valence-corrected chi connectivity index (χ4v) is 6.25. The average molecular weight is 401 g/mol. The summed E-state index contributed by atoms with van der Waals surface area (Å²) in [6, 6.07) is 1.31. The minimum atomic E-state index is -3.98. The molecule has 2 rings (SSSR count). The number of nitrogens with two attached hydrogens (primary N) is 1. The summed E-state index contributed by atoms with van der Waals surface area (Å²) < 4.78 is 62.7. The molecule has 1 aromatic rings. The third kappa shape index (κ3) is 3.22. The van der Waals surface area contributed by atoms with Crippen LogP contribution < -0.4 is 5.73 Å². The zero-order chi connectivity index (χ0) is 16.0. The average Bonchev–Trinajstić information content (AvgIpc) is 2.31. The van der Waals surface area contributed by atoms with Crippen LogP contribution in [0.15, 0.2) is 21.5 Å². The third-order valence-electron chi connectivity index (χ3n) is 3.25. The maximum atomic E-state index is 13.4. The van der Waals surface area contributed by atoms with Crippen LogP contribution in [-0.2, 0) is 19.9 Å².